The fourth-order valence-corrected chi connectivity index (χ4v) is 2.03. The summed E-state index contributed by atoms with van der Waals surface area (Å²) in [4.78, 5) is 0. The molecule has 1 aliphatic rings. The lowest BCUT2D eigenvalue weighted by molar-refractivity contribution is 0.209. The first kappa shape index (κ1) is 11.0. The molecule has 92 valence electrons. The van der Waals surface area contributed by atoms with Crippen LogP contribution in [-0.2, 0) is 0 Å². The Bertz CT molecular complexity index is 586. The van der Waals surface area contributed by atoms with Gasteiger partial charge in [-0.2, -0.15) is 0 Å². The van der Waals surface area contributed by atoms with E-state index in [0.29, 0.717) is 12.3 Å². The quantitative estimate of drug-likeness (QED) is 0.832. The molecule has 4 heteroatoms. The molecule has 18 heavy (non-hydrogen) atoms. The lowest BCUT2D eigenvalue weighted by atomic mass is 10.1. The van der Waals surface area contributed by atoms with Crippen LogP contribution in [0.3, 0.4) is 0 Å². The van der Waals surface area contributed by atoms with Crippen molar-refractivity contribution in [1.29, 1.82) is 0 Å². The summed E-state index contributed by atoms with van der Waals surface area (Å²) in [6.07, 6.45) is -0.310. The van der Waals surface area contributed by atoms with E-state index in [1.54, 1.807) is 18.2 Å². The summed E-state index contributed by atoms with van der Waals surface area (Å²) in [5.74, 6) is -0.202. The van der Waals surface area contributed by atoms with Crippen molar-refractivity contribution in [2.45, 2.75) is 6.10 Å². The summed E-state index contributed by atoms with van der Waals surface area (Å²) in [7, 11) is 0. The van der Waals surface area contributed by atoms with Crippen LogP contribution >= 0.6 is 0 Å². The van der Waals surface area contributed by atoms with Crippen molar-refractivity contribution in [2.75, 3.05) is 11.9 Å². The normalized spacial score (nSPS) is 17.6. The third kappa shape index (κ3) is 2.01. The molecular formula is C14H11F2NO. The molecule has 0 amide bonds. The number of hydrogen-bond acceptors (Lipinski definition) is 2. The SMILES string of the molecule is Fc1cccc(C2CNc3ccc(F)cc3O2)c1. The summed E-state index contributed by atoms with van der Waals surface area (Å²) >= 11 is 0. The van der Waals surface area contributed by atoms with Gasteiger partial charge in [0.2, 0.25) is 0 Å². The van der Waals surface area contributed by atoms with Crippen LogP contribution in [0.25, 0.3) is 0 Å². The van der Waals surface area contributed by atoms with E-state index in [4.69, 9.17) is 4.74 Å². The Kier molecular flexibility index (Phi) is 2.63. The Morgan fingerprint density at radius 1 is 1.06 bits per heavy atom. The zero-order valence-electron chi connectivity index (χ0n) is 9.49. The van der Waals surface area contributed by atoms with Gasteiger partial charge in [0.25, 0.3) is 0 Å². The van der Waals surface area contributed by atoms with Crippen LogP contribution in [0.4, 0.5) is 14.5 Å². The first-order chi connectivity index (χ1) is 8.72. The van der Waals surface area contributed by atoms with Gasteiger partial charge in [0, 0.05) is 6.07 Å². The lowest BCUT2D eigenvalue weighted by Crippen LogP contribution is -2.23. The van der Waals surface area contributed by atoms with E-state index in [-0.39, 0.29) is 17.7 Å². The van der Waals surface area contributed by atoms with Crippen molar-refractivity contribution >= 4 is 5.69 Å². The molecule has 0 bridgehead atoms. The Balaban J connectivity index is 1.90. The van der Waals surface area contributed by atoms with Gasteiger partial charge < -0.3 is 10.1 Å². The highest BCUT2D eigenvalue weighted by atomic mass is 19.1. The van der Waals surface area contributed by atoms with Crippen LogP contribution in [0.5, 0.6) is 5.75 Å². The molecule has 2 aromatic rings. The molecule has 2 nitrogen and oxygen atoms in total. The van der Waals surface area contributed by atoms with Crippen molar-refractivity contribution in [2.24, 2.45) is 0 Å². The summed E-state index contributed by atoms with van der Waals surface area (Å²) in [5, 5.41) is 3.14. The maximum atomic E-state index is 13.1. The molecule has 1 atom stereocenters. The van der Waals surface area contributed by atoms with E-state index in [0.717, 1.165) is 11.3 Å². The molecule has 1 heterocycles. The summed E-state index contributed by atoms with van der Waals surface area (Å²) in [6, 6.07) is 10.6. The van der Waals surface area contributed by atoms with E-state index in [1.807, 2.05) is 0 Å². The zero-order valence-corrected chi connectivity index (χ0v) is 9.49. The van der Waals surface area contributed by atoms with Crippen molar-refractivity contribution in [3.05, 3.63) is 59.7 Å². The average Bonchev–Trinajstić information content (AvgIpc) is 2.38. The van der Waals surface area contributed by atoms with Gasteiger partial charge in [-0.3, -0.25) is 0 Å². The van der Waals surface area contributed by atoms with Crippen molar-refractivity contribution < 1.29 is 13.5 Å². The first-order valence-electron chi connectivity index (χ1n) is 5.68. The molecule has 1 aliphatic heterocycles. The highest BCUT2D eigenvalue weighted by Crippen LogP contribution is 2.34. The van der Waals surface area contributed by atoms with Crippen molar-refractivity contribution in [1.82, 2.24) is 0 Å². The first-order valence-corrected chi connectivity index (χ1v) is 5.68. The molecule has 3 rings (SSSR count). The third-order valence-electron chi connectivity index (χ3n) is 2.91. The van der Waals surface area contributed by atoms with Crippen LogP contribution in [0, 0.1) is 11.6 Å². The Morgan fingerprint density at radius 2 is 1.89 bits per heavy atom. The predicted molar refractivity (Wildman–Crippen MR) is 64.7 cm³/mol. The molecule has 0 aromatic heterocycles. The smallest absolute Gasteiger partial charge is 0.146 e. The topological polar surface area (TPSA) is 21.3 Å². The molecular weight excluding hydrogens is 236 g/mol. The Hall–Kier alpha value is -2.10. The second kappa shape index (κ2) is 4.29. The van der Waals surface area contributed by atoms with Gasteiger partial charge in [-0.15, -0.1) is 0 Å². The minimum atomic E-state index is -0.351. The number of nitrogens with one attached hydrogen (secondary N) is 1. The fourth-order valence-electron chi connectivity index (χ4n) is 2.03. The highest BCUT2D eigenvalue weighted by Gasteiger charge is 2.21. The van der Waals surface area contributed by atoms with Gasteiger partial charge in [0.05, 0.1) is 12.2 Å². The molecule has 0 saturated heterocycles. The van der Waals surface area contributed by atoms with Gasteiger partial charge in [-0.05, 0) is 29.8 Å². The molecule has 0 radical (unpaired) electrons. The number of anilines is 1. The number of hydrogen-bond donors (Lipinski definition) is 1. The largest absolute Gasteiger partial charge is 0.482 e. The average molecular weight is 247 g/mol. The van der Waals surface area contributed by atoms with Crippen molar-refractivity contribution in [3.63, 3.8) is 0 Å². The molecule has 2 aromatic carbocycles. The van der Waals surface area contributed by atoms with Gasteiger partial charge >= 0.3 is 0 Å². The minimum Gasteiger partial charge on any atom is -0.482 e. The van der Waals surface area contributed by atoms with Crippen LogP contribution in [0.1, 0.15) is 11.7 Å². The number of ether oxygens (including phenoxy) is 1. The standard InChI is InChI=1S/C14H11F2NO/c15-10-3-1-2-9(6-10)14-8-17-12-5-4-11(16)7-13(12)18-14/h1-7,14,17H,8H2. The number of benzene rings is 2. The predicted octanol–water partition coefficient (Wildman–Crippen LogP) is 3.51. The Morgan fingerprint density at radius 3 is 2.72 bits per heavy atom. The van der Waals surface area contributed by atoms with Gasteiger partial charge in [-0.1, -0.05) is 12.1 Å². The van der Waals surface area contributed by atoms with Crippen molar-refractivity contribution in [3.8, 4) is 5.75 Å². The zero-order chi connectivity index (χ0) is 12.5. The van der Waals surface area contributed by atoms with Gasteiger partial charge in [-0.25, -0.2) is 8.78 Å². The van der Waals surface area contributed by atoms with Crippen LogP contribution in [-0.4, -0.2) is 6.54 Å². The van der Waals surface area contributed by atoms with Crippen LogP contribution < -0.4 is 10.1 Å². The summed E-state index contributed by atoms with van der Waals surface area (Å²) in [5.41, 5.74) is 1.49. The van der Waals surface area contributed by atoms with Gasteiger partial charge in [0.15, 0.2) is 0 Å². The maximum absolute atomic E-state index is 13.1. The number of fused-ring (bicyclic) bond motifs is 1. The molecule has 0 fully saturated rings. The van der Waals surface area contributed by atoms with Crippen LogP contribution in [0.15, 0.2) is 42.5 Å². The highest BCUT2D eigenvalue weighted by molar-refractivity contribution is 5.58. The van der Waals surface area contributed by atoms with E-state index in [1.165, 1.54) is 24.3 Å². The lowest BCUT2D eigenvalue weighted by Gasteiger charge is -2.27. The molecule has 0 spiro atoms. The van der Waals surface area contributed by atoms with E-state index >= 15 is 0 Å². The van der Waals surface area contributed by atoms with E-state index < -0.39 is 0 Å². The molecule has 0 saturated carbocycles. The van der Waals surface area contributed by atoms with E-state index in [2.05, 4.69) is 5.32 Å². The number of rotatable bonds is 1. The minimum absolute atomic E-state index is 0.305. The molecule has 0 aliphatic carbocycles. The fraction of sp³-hybridized carbons (Fsp3) is 0.143. The maximum Gasteiger partial charge on any atom is 0.146 e. The number of halogens is 2. The van der Waals surface area contributed by atoms with Crippen LogP contribution in [0.2, 0.25) is 0 Å². The monoisotopic (exact) mass is 247 g/mol. The summed E-state index contributed by atoms with van der Waals surface area (Å²) in [6.45, 7) is 0.530. The van der Waals surface area contributed by atoms with E-state index in [9.17, 15) is 8.78 Å². The Labute approximate surface area is 103 Å². The second-order valence-corrected chi connectivity index (χ2v) is 4.18. The second-order valence-electron chi connectivity index (χ2n) is 4.18. The summed E-state index contributed by atoms with van der Waals surface area (Å²) < 4.78 is 32.0. The molecule has 1 unspecified atom stereocenters. The van der Waals surface area contributed by atoms with Gasteiger partial charge in [0.1, 0.15) is 23.5 Å². The molecule has 1 N–H and O–H groups in total. The third-order valence-corrected chi connectivity index (χ3v) is 2.91.